The summed E-state index contributed by atoms with van der Waals surface area (Å²) in [4.78, 5) is 12.2. The zero-order chi connectivity index (χ0) is 18.6. The first-order valence-corrected chi connectivity index (χ1v) is 10.4. The lowest BCUT2D eigenvalue weighted by Gasteiger charge is -2.08. The van der Waals surface area contributed by atoms with Crippen molar-refractivity contribution in [2.45, 2.75) is 43.2 Å². The van der Waals surface area contributed by atoms with Gasteiger partial charge in [-0.25, -0.2) is 13.1 Å². The number of nitrogens with one attached hydrogen (secondary N) is 2. The van der Waals surface area contributed by atoms with Crippen LogP contribution in [0.3, 0.4) is 0 Å². The van der Waals surface area contributed by atoms with E-state index >= 15 is 0 Å². The molecule has 1 aliphatic carbocycles. The third kappa shape index (κ3) is 5.56. The molecule has 5 nitrogen and oxygen atoms in total. The van der Waals surface area contributed by atoms with Gasteiger partial charge >= 0.3 is 0 Å². The van der Waals surface area contributed by atoms with Crippen LogP contribution in [0.1, 0.15) is 30.4 Å². The number of hydrogen-bond acceptors (Lipinski definition) is 3. The maximum Gasteiger partial charge on any atom is 0.240 e. The Labute approximate surface area is 158 Å². The average molecular weight is 393 g/mol. The lowest BCUT2D eigenvalue weighted by Crippen LogP contribution is -2.26. The number of rotatable bonds is 8. The van der Waals surface area contributed by atoms with Crippen LogP contribution in [-0.4, -0.2) is 20.4 Å². The summed E-state index contributed by atoms with van der Waals surface area (Å²) in [7, 11) is -3.43. The van der Waals surface area contributed by atoms with E-state index in [9.17, 15) is 13.2 Å². The number of amides is 1. The summed E-state index contributed by atoms with van der Waals surface area (Å²) in [5.74, 6) is -0.0490. The Bertz CT molecular complexity index is 861. The number of benzene rings is 2. The Balaban J connectivity index is 1.46. The molecule has 26 heavy (non-hydrogen) atoms. The van der Waals surface area contributed by atoms with Crippen molar-refractivity contribution in [2.24, 2.45) is 0 Å². The fourth-order valence-corrected chi connectivity index (χ4v) is 3.90. The average Bonchev–Trinajstić information content (AvgIpc) is 3.43. The molecule has 1 saturated carbocycles. The smallest absolute Gasteiger partial charge is 0.240 e. The molecule has 3 rings (SSSR count). The van der Waals surface area contributed by atoms with Crippen molar-refractivity contribution >= 4 is 27.5 Å². The van der Waals surface area contributed by atoms with E-state index in [4.69, 9.17) is 11.6 Å². The molecule has 0 bridgehead atoms. The summed E-state index contributed by atoms with van der Waals surface area (Å²) in [5, 5.41) is 3.53. The Morgan fingerprint density at radius 1 is 1.00 bits per heavy atom. The Morgan fingerprint density at radius 3 is 2.23 bits per heavy atom. The van der Waals surface area contributed by atoms with Crippen LogP contribution in [0, 0.1) is 0 Å². The van der Waals surface area contributed by atoms with E-state index < -0.39 is 10.0 Å². The van der Waals surface area contributed by atoms with Crippen molar-refractivity contribution < 1.29 is 13.2 Å². The van der Waals surface area contributed by atoms with Crippen molar-refractivity contribution in [1.29, 1.82) is 0 Å². The van der Waals surface area contributed by atoms with Gasteiger partial charge in [-0.1, -0.05) is 35.9 Å². The van der Waals surface area contributed by atoms with E-state index in [2.05, 4.69) is 10.0 Å². The highest BCUT2D eigenvalue weighted by atomic mass is 35.5. The molecular formula is C19H21ClN2O3S. The second-order valence-electron chi connectivity index (χ2n) is 6.44. The molecule has 0 heterocycles. The summed E-state index contributed by atoms with van der Waals surface area (Å²) >= 11 is 5.84. The first-order valence-electron chi connectivity index (χ1n) is 8.55. The van der Waals surface area contributed by atoms with E-state index in [0.29, 0.717) is 24.4 Å². The molecule has 2 N–H and O–H groups in total. The molecule has 0 atom stereocenters. The van der Waals surface area contributed by atoms with Gasteiger partial charge < -0.3 is 5.32 Å². The maximum absolute atomic E-state index is 12.1. The number of carbonyl (C=O) groups excluding carboxylic acids is 1. The monoisotopic (exact) mass is 392 g/mol. The highest BCUT2D eigenvalue weighted by Gasteiger charge is 2.27. The van der Waals surface area contributed by atoms with Gasteiger partial charge in [-0.15, -0.1) is 0 Å². The van der Waals surface area contributed by atoms with Crippen LogP contribution in [-0.2, 0) is 27.8 Å². The highest BCUT2D eigenvalue weighted by molar-refractivity contribution is 7.89. The standard InChI is InChI=1S/C19H21ClN2O3S/c20-16-6-1-14(2-7-16)5-12-19(23)21-13-15-3-10-18(11-4-15)26(24,25)22-17-8-9-17/h1-4,6-7,10-11,17,22H,5,8-9,12-13H2,(H,21,23). The number of sulfonamides is 1. The zero-order valence-corrected chi connectivity index (χ0v) is 15.8. The number of halogens is 1. The van der Waals surface area contributed by atoms with Gasteiger partial charge in [0.25, 0.3) is 0 Å². The van der Waals surface area contributed by atoms with Crippen molar-refractivity contribution in [3.8, 4) is 0 Å². The van der Waals surface area contributed by atoms with Crippen LogP contribution in [0.15, 0.2) is 53.4 Å². The number of hydrogen-bond donors (Lipinski definition) is 2. The van der Waals surface area contributed by atoms with E-state index in [0.717, 1.165) is 24.0 Å². The second kappa shape index (κ2) is 8.20. The first-order chi connectivity index (χ1) is 12.4. The van der Waals surface area contributed by atoms with E-state index in [1.165, 1.54) is 0 Å². The Kier molecular flexibility index (Phi) is 5.96. The van der Waals surface area contributed by atoms with Crippen LogP contribution in [0.2, 0.25) is 5.02 Å². The first kappa shape index (κ1) is 18.9. The quantitative estimate of drug-likeness (QED) is 0.725. The summed E-state index contributed by atoms with van der Waals surface area (Å²) < 4.78 is 26.9. The fraction of sp³-hybridized carbons (Fsp3) is 0.316. The van der Waals surface area contributed by atoms with Gasteiger partial charge in [0, 0.05) is 24.0 Å². The van der Waals surface area contributed by atoms with Crippen LogP contribution in [0.5, 0.6) is 0 Å². The minimum Gasteiger partial charge on any atom is -0.352 e. The van der Waals surface area contributed by atoms with E-state index in [1.807, 2.05) is 24.3 Å². The molecule has 1 fully saturated rings. The highest BCUT2D eigenvalue weighted by Crippen LogP contribution is 2.22. The van der Waals surface area contributed by atoms with Crippen molar-refractivity contribution in [3.63, 3.8) is 0 Å². The predicted molar refractivity (Wildman–Crippen MR) is 101 cm³/mol. The minimum atomic E-state index is -3.43. The van der Waals surface area contributed by atoms with Gasteiger partial charge in [0.05, 0.1) is 4.90 Å². The minimum absolute atomic E-state index is 0.0490. The zero-order valence-electron chi connectivity index (χ0n) is 14.2. The van der Waals surface area contributed by atoms with Crippen molar-refractivity contribution in [3.05, 3.63) is 64.7 Å². The largest absolute Gasteiger partial charge is 0.352 e. The van der Waals surface area contributed by atoms with Gasteiger partial charge in [0.15, 0.2) is 0 Å². The van der Waals surface area contributed by atoms with Crippen LogP contribution < -0.4 is 10.0 Å². The third-order valence-corrected chi connectivity index (χ3v) is 5.96. The van der Waals surface area contributed by atoms with Crippen molar-refractivity contribution in [2.75, 3.05) is 0 Å². The molecule has 0 unspecified atom stereocenters. The van der Waals surface area contributed by atoms with Crippen LogP contribution in [0.25, 0.3) is 0 Å². The molecule has 0 aromatic heterocycles. The lowest BCUT2D eigenvalue weighted by molar-refractivity contribution is -0.121. The molecule has 2 aromatic carbocycles. The number of aryl methyl sites for hydroxylation is 1. The van der Waals surface area contributed by atoms with Crippen molar-refractivity contribution in [1.82, 2.24) is 10.0 Å². The van der Waals surface area contributed by atoms with Crippen LogP contribution >= 0.6 is 11.6 Å². The molecule has 0 saturated heterocycles. The van der Waals surface area contributed by atoms with E-state index in [1.54, 1.807) is 24.3 Å². The molecule has 0 aliphatic heterocycles. The SMILES string of the molecule is O=C(CCc1ccc(Cl)cc1)NCc1ccc(S(=O)(=O)NC2CC2)cc1. The molecule has 2 aromatic rings. The lowest BCUT2D eigenvalue weighted by atomic mass is 10.1. The number of carbonyl (C=O) groups is 1. The summed E-state index contributed by atoms with van der Waals surface area (Å²) in [6, 6.07) is 14.1. The predicted octanol–water partition coefficient (Wildman–Crippen LogP) is 3.03. The van der Waals surface area contributed by atoms with Gasteiger partial charge in [-0.05, 0) is 54.7 Å². The third-order valence-electron chi connectivity index (χ3n) is 4.18. The Hall–Kier alpha value is -1.89. The molecule has 138 valence electrons. The van der Waals surface area contributed by atoms with Gasteiger partial charge in [-0.3, -0.25) is 4.79 Å². The Morgan fingerprint density at radius 2 is 1.62 bits per heavy atom. The molecular weight excluding hydrogens is 372 g/mol. The summed E-state index contributed by atoms with van der Waals surface area (Å²) in [5.41, 5.74) is 1.91. The molecule has 0 radical (unpaired) electrons. The molecule has 0 spiro atoms. The van der Waals surface area contributed by atoms with Crippen LogP contribution in [0.4, 0.5) is 0 Å². The van der Waals surface area contributed by atoms with Gasteiger partial charge in [-0.2, -0.15) is 0 Å². The maximum atomic E-state index is 12.1. The second-order valence-corrected chi connectivity index (χ2v) is 8.59. The molecule has 1 amide bonds. The van der Waals surface area contributed by atoms with Gasteiger partial charge in [0.1, 0.15) is 0 Å². The molecule has 1 aliphatic rings. The van der Waals surface area contributed by atoms with Gasteiger partial charge in [0.2, 0.25) is 15.9 Å². The fourth-order valence-electron chi connectivity index (χ4n) is 2.47. The summed E-state index contributed by atoms with van der Waals surface area (Å²) in [6.07, 6.45) is 2.84. The summed E-state index contributed by atoms with van der Waals surface area (Å²) in [6.45, 7) is 0.371. The normalized spacial score (nSPS) is 14.2. The van der Waals surface area contributed by atoms with E-state index in [-0.39, 0.29) is 16.8 Å². The topological polar surface area (TPSA) is 75.3 Å². The molecule has 7 heteroatoms.